The predicted molar refractivity (Wildman–Crippen MR) is 112 cm³/mol. The monoisotopic (exact) mass is 407 g/mol. The van der Waals surface area contributed by atoms with Gasteiger partial charge in [0.2, 0.25) is 0 Å². The first-order valence-electron chi connectivity index (χ1n) is 8.85. The van der Waals surface area contributed by atoms with Crippen LogP contribution in [-0.4, -0.2) is 32.8 Å². The number of anilines is 2. The van der Waals surface area contributed by atoms with Crippen molar-refractivity contribution in [2.75, 3.05) is 11.9 Å². The van der Waals surface area contributed by atoms with Crippen LogP contribution in [0.1, 0.15) is 17.3 Å². The van der Waals surface area contributed by atoms with E-state index in [0.717, 1.165) is 27.1 Å². The molecule has 0 bridgehead atoms. The maximum atomic E-state index is 11.3. The molecule has 0 atom stereocenters. The number of hydrogen-bond donors (Lipinski definition) is 3. The lowest BCUT2D eigenvalue weighted by molar-refractivity contribution is 0.0694. The first kappa shape index (κ1) is 18.7. The zero-order valence-corrected chi connectivity index (χ0v) is 16.2. The number of nitrogens with zero attached hydrogens (tertiary/aromatic N) is 2. The Kier molecular flexibility index (Phi) is 5.01. The van der Waals surface area contributed by atoms with Gasteiger partial charge in [0.1, 0.15) is 34.0 Å². The van der Waals surface area contributed by atoms with Crippen LogP contribution in [0.3, 0.4) is 0 Å². The van der Waals surface area contributed by atoms with Gasteiger partial charge >= 0.3 is 5.97 Å². The SMILES string of the molecule is CCOc1ccc(-c2csc3ncnc(Nc4ccc(O)c(C(=O)O)c4)c23)cc1. The molecular formula is C21H17N3O4S. The van der Waals surface area contributed by atoms with Crippen molar-refractivity contribution in [3.63, 3.8) is 0 Å². The molecule has 4 aromatic rings. The van der Waals surface area contributed by atoms with Crippen molar-refractivity contribution >= 4 is 39.0 Å². The van der Waals surface area contributed by atoms with E-state index < -0.39 is 5.97 Å². The van der Waals surface area contributed by atoms with Gasteiger partial charge in [-0.2, -0.15) is 0 Å². The number of rotatable bonds is 6. The van der Waals surface area contributed by atoms with Crippen molar-refractivity contribution in [1.82, 2.24) is 9.97 Å². The fourth-order valence-corrected chi connectivity index (χ4v) is 3.92. The fourth-order valence-electron chi connectivity index (χ4n) is 3.00. The summed E-state index contributed by atoms with van der Waals surface area (Å²) in [5.41, 5.74) is 2.28. The van der Waals surface area contributed by atoms with Crippen molar-refractivity contribution in [3.8, 4) is 22.6 Å². The molecule has 0 aliphatic carbocycles. The van der Waals surface area contributed by atoms with Crippen LogP contribution in [-0.2, 0) is 0 Å². The molecule has 3 N–H and O–H groups in total. The number of phenols is 1. The molecule has 0 unspecified atom stereocenters. The Labute approximate surface area is 170 Å². The molecule has 0 amide bonds. The van der Waals surface area contributed by atoms with Gasteiger partial charge in [0.15, 0.2) is 0 Å². The molecule has 146 valence electrons. The lowest BCUT2D eigenvalue weighted by Crippen LogP contribution is -2.00. The second-order valence-electron chi connectivity index (χ2n) is 6.17. The largest absolute Gasteiger partial charge is 0.507 e. The number of thiophene rings is 1. The Morgan fingerprint density at radius 3 is 2.69 bits per heavy atom. The molecular weight excluding hydrogens is 390 g/mol. The van der Waals surface area contributed by atoms with Gasteiger partial charge in [-0.15, -0.1) is 11.3 Å². The Bertz CT molecular complexity index is 1190. The van der Waals surface area contributed by atoms with E-state index in [9.17, 15) is 15.0 Å². The summed E-state index contributed by atoms with van der Waals surface area (Å²) in [6.07, 6.45) is 1.46. The molecule has 0 radical (unpaired) electrons. The van der Waals surface area contributed by atoms with Gasteiger partial charge < -0.3 is 20.3 Å². The predicted octanol–water partition coefficient (Wildman–Crippen LogP) is 4.90. The molecule has 0 spiro atoms. The second-order valence-corrected chi connectivity index (χ2v) is 7.03. The van der Waals surface area contributed by atoms with Gasteiger partial charge in [-0.25, -0.2) is 14.8 Å². The van der Waals surface area contributed by atoms with Crippen LogP contribution >= 0.6 is 11.3 Å². The third kappa shape index (κ3) is 3.70. The van der Waals surface area contributed by atoms with Crippen molar-refractivity contribution in [2.24, 2.45) is 0 Å². The smallest absolute Gasteiger partial charge is 0.339 e. The summed E-state index contributed by atoms with van der Waals surface area (Å²) in [7, 11) is 0. The van der Waals surface area contributed by atoms with Gasteiger partial charge in [0, 0.05) is 16.6 Å². The number of aromatic nitrogens is 2. The van der Waals surface area contributed by atoms with Crippen molar-refractivity contribution < 1.29 is 19.7 Å². The molecule has 2 aromatic heterocycles. The minimum absolute atomic E-state index is 0.183. The van der Waals surface area contributed by atoms with Crippen LogP contribution < -0.4 is 10.1 Å². The lowest BCUT2D eigenvalue weighted by Gasteiger charge is -2.10. The van der Waals surface area contributed by atoms with Gasteiger partial charge in [-0.1, -0.05) is 12.1 Å². The van der Waals surface area contributed by atoms with Gasteiger partial charge in [0.25, 0.3) is 0 Å². The number of fused-ring (bicyclic) bond motifs is 1. The lowest BCUT2D eigenvalue weighted by atomic mass is 10.1. The molecule has 0 fully saturated rings. The van der Waals surface area contributed by atoms with Crippen molar-refractivity contribution in [2.45, 2.75) is 6.92 Å². The van der Waals surface area contributed by atoms with Gasteiger partial charge in [-0.05, 0) is 42.8 Å². The number of aromatic carboxylic acids is 1. The Balaban J connectivity index is 1.75. The average Bonchev–Trinajstić information content (AvgIpc) is 3.15. The number of benzene rings is 2. The van der Waals surface area contributed by atoms with Crippen molar-refractivity contribution in [1.29, 1.82) is 0 Å². The quantitative estimate of drug-likeness (QED) is 0.390. The standard InChI is InChI=1S/C21H17N3O4S/c1-2-28-14-6-3-12(4-7-14)16-10-29-20-18(16)19(22-11-23-20)24-13-5-8-17(25)15(9-13)21(26)27/h3-11,25H,2H2,1H3,(H,26,27)(H,22,23,24). The maximum Gasteiger partial charge on any atom is 0.339 e. The highest BCUT2D eigenvalue weighted by atomic mass is 32.1. The number of carboxylic acid groups (broad SMARTS) is 1. The average molecular weight is 407 g/mol. The molecule has 29 heavy (non-hydrogen) atoms. The molecule has 2 heterocycles. The summed E-state index contributed by atoms with van der Waals surface area (Å²) in [6, 6.07) is 12.1. The molecule has 0 saturated carbocycles. The summed E-state index contributed by atoms with van der Waals surface area (Å²) in [6.45, 7) is 2.54. The summed E-state index contributed by atoms with van der Waals surface area (Å²) < 4.78 is 5.51. The minimum atomic E-state index is -1.20. The molecule has 4 rings (SSSR count). The Morgan fingerprint density at radius 1 is 1.17 bits per heavy atom. The molecule has 0 saturated heterocycles. The van der Waals surface area contributed by atoms with E-state index in [4.69, 9.17) is 4.74 Å². The zero-order chi connectivity index (χ0) is 20.4. The summed E-state index contributed by atoms with van der Waals surface area (Å²) in [4.78, 5) is 20.8. The first-order valence-corrected chi connectivity index (χ1v) is 9.73. The highest BCUT2D eigenvalue weighted by Crippen LogP contribution is 2.38. The van der Waals surface area contributed by atoms with E-state index in [2.05, 4.69) is 15.3 Å². The maximum absolute atomic E-state index is 11.3. The summed E-state index contributed by atoms with van der Waals surface area (Å²) in [5, 5.41) is 25.0. The normalized spacial score (nSPS) is 10.8. The zero-order valence-electron chi connectivity index (χ0n) is 15.4. The van der Waals surface area contributed by atoms with Crippen LogP contribution in [0.4, 0.5) is 11.5 Å². The second kappa shape index (κ2) is 7.76. The fraction of sp³-hybridized carbons (Fsp3) is 0.0952. The number of nitrogens with one attached hydrogen (secondary N) is 1. The van der Waals surface area contributed by atoms with Crippen LogP contribution in [0.5, 0.6) is 11.5 Å². The third-order valence-electron chi connectivity index (χ3n) is 4.34. The number of hydrogen-bond acceptors (Lipinski definition) is 7. The molecule has 7 nitrogen and oxygen atoms in total. The van der Waals surface area contributed by atoms with E-state index in [1.807, 2.05) is 36.6 Å². The van der Waals surface area contributed by atoms with E-state index in [-0.39, 0.29) is 11.3 Å². The Hall–Kier alpha value is -3.65. The highest BCUT2D eigenvalue weighted by Gasteiger charge is 2.15. The van der Waals surface area contributed by atoms with E-state index in [1.54, 1.807) is 6.07 Å². The minimum Gasteiger partial charge on any atom is -0.507 e. The Morgan fingerprint density at radius 2 is 1.97 bits per heavy atom. The van der Waals surface area contributed by atoms with Gasteiger partial charge in [0.05, 0.1) is 12.0 Å². The van der Waals surface area contributed by atoms with Crippen LogP contribution in [0.25, 0.3) is 21.3 Å². The van der Waals surface area contributed by atoms with Crippen LogP contribution in [0.2, 0.25) is 0 Å². The van der Waals surface area contributed by atoms with Crippen LogP contribution in [0.15, 0.2) is 54.2 Å². The van der Waals surface area contributed by atoms with Gasteiger partial charge in [-0.3, -0.25) is 0 Å². The third-order valence-corrected chi connectivity index (χ3v) is 5.22. The van der Waals surface area contributed by atoms with E-state index in [1.165, 1.54) is 29.8 Å². The molecule has 0 aliphatic rings. The topological polar surface area (TPSA) is 105 Å². The van der Waals surface area contributed by atoms with E-state index in [0.29, 0.717) is 18.1 Å². The van der Waals surface area contributed by atoms with Crippen LogP contribution in [0, 0.1) is 0 Å². The molecule has 0 aliphatic heterocycles. The number of carboxylic acids is 1. The highest BCUT2D eigenvalue weighted by molar-refractivity contribution is 7.17. The van der Waals surface area contributed by atoms with E-state index >= 15 is 0 Å². The number of carbonyl (C=O) groups is 1. The van der Waals surface area contributed by atoms with Crippen molar-refractivity contribution in [3.05, 3.63) is 59.7 Å². The number of ether oxygens (including phenoxy) is 1. The summed E-state index contributed by atoms with van der Waals surface area (Å²) >= 11 is 1.50. The summed E-state index contributed by atoms with van der Waals surface area (Å²) in [5.74, 6) is -0.135. The molecule has 8 heteroatoms. The number of aromatic hydroxyl groups is 1. The molecule has 2 aromatic carbocycles. The first-order chi connectivity index (χ1) is 14.1.